The van der Waals surface area contributed by atoms with Crippen molar-refractivity contribution in [2.45, 2.75) is 59.5 Å². The molecule has 30 heavy (non-hydrogen) atoms. The van der Waals surface area contributed by atoms with Crippen LogP contribution in [0, 0.1) is 6.92 Å². The van der Waals surface area contributed by atoms with Gasteiger partial charge in [-0.25, -0.2) is 4.99 Å². The molecule has 0 aliphatic rings. The Morgan fingerprint density at radius 1 is 1.13 bits per heavy atom. The summed E-state index contributed by atoms with van der Waals surface area (Å²) in [5, 5.41) is 10.8. The third-order valence-electron chi connectivity index (χ3n) is 4.93. The lowest BCUT2D eigenvalue weighted by molar-refractivity contribution is 0.145. The largest absolute Gasteiger partial charge is 0.491 e. The Morgan fingerprint density at radius 2 is 1.93 bits per heavy atom. The van der Waals surface area contributed by atoms with Crippen LogP contribution in [0.5, 0.6) is 5.75 Å². The highest BCUT2D eigenvalue weighted by molar-refractivity contribution is 5.79. The van der Waals surface area contributed by atoms with Gasteiger partial charge in [-0.1, -0.05) is 31.1 Å². The molecule has 0 spiro atoms. The first-order valence-electron chi connectivity index (χ1n) is 10.8. The summed E-state index contributed by atoms with van der Waals surface area (Å²) in [6.45, 7) is 11.3. The summed E-state index contributed by atoms with van der Waals surface area (Å²) in [4.78, 5) is 4.71. The highest BCUT2D eigenvalue weighted by Gasteiger charge is 2.13. The van der Waals surface area contributed by atoms with Crippen LogP contribution < -0.4 is 15.4 Å². The fraction of sp³-hybridized carbons (Fsp3) is 0.565. The van der Waals surface area contributed by atoms with Gasteiger partial charge in [0, 0.05) is 31.2 Å². The number of guanidine groups is 1. The maximum Gasteiger partial charge on any atom is 0.191 e. The van der Waals surface area contributed by atoms with Crippen molar-refractivity contribution in [3.63, 3.8) is 0 Å². The Hall–Kier alpha value is -2.54. The molecule has 2 rings (SSSR count). The van der Waals surface area contributed by atoms with Crippen LogP contribution in [0.3, 0.4) is 0 Å². The van der Waals surface area contributed by atoms with Gasteiger partial charge in [0.2, 0.25) is 0 Å². The minimum atomic E-state index is 0.447. The SMILES string of the molecule is CCNC(=NCc1ccc(C)cc1OCCOC)NCc1cc(C(CC)CC)no1. The zero-order valence-corrected chi connectivity index (χ0v) is 19.0. The van der Waals surface area contributed by atoms with E-state index in [1.807, 2.05) is 19.1 Å². The molecule has 0 bridgehead atoms. The number of aryl methyl sites for hydroxylation is 1. The summed E-state index contributed by atoms with van der Waals surface area (Å²) >= 11 is 0. The van der Waals surface area contributed by atoms with E-state index in [9.17, 15) is 0 Å². The lowest BCUT2D eigenvalue weighted by atomic mass is 9.99. The molecule has 0 unspecified atom stereocenters. The van der Waals surface area contributed by atoms with Crippen LogP contribution in [-0.2, 0) is 17.8 Å². The van der Waals surface area contributed by atoms with E-state index < -0.39 is 0 Å². The van der Waals surface area contributed by atoms with Gasteiger partial charge in [-0.3, -0.25) is 0 Å². The lowest BCUT2D eigenvalue weighted by Gasteiger charge is -2.13. The fourth-order valence-corrected chi connectivity index (χ4v) is 3.15. The number of benzene rings is 1. The molecule has 0 amide bonds. The van der Waals surface area contributed by atoms with E-state index in [1.165, 1.54) is 0 Å². The monoisotopic (exact) mass is 416 g/mol. The smallest absolute Gasteiger partial charge is 0.191 e. The molecule has 7 nitrogen and oxygen atoms in total. The van der Waals surface area contributed by atoms with Gasteiger partial charge in [-0.15, -0.1) is 0 Å². The van der Waals surface area contributed by atoms with Gasteiger partial charge in [0.1, 0.15) is 12.4 Å². The summed E-state index contributed by atoms with van der Waals surface area (Å²) < 4.78 is 16.5. The van der Waals surface area contributed by atoms with Gasteiger partial charge < -0.3 is 24.6 Å². The van der Waals surface area contributed by atoms with Crippen LogP contribution in [0.1, 0.15) is 62.1 Å². The Labute approximate surface area is 180 Å². The molecular formula is C23H36N4O3. The van der Waals surface area contributed by atoms with Crippen LogP contribution in [-0.4, -0.2) is 38.0 Å². The lowest BCUT2D eigenvalue weighted by Crippen LogP contribution is -2.36. The van der Waals surface area contributed by atoms with Gasteiger partial charge in [0.05, 0.1) is 25.4 Å². The van der Waals surface area contributed by atoms with Crippen molar-refractivity contribution < 1.29 is 14.0 Å². The molecule has 2 aromatic rings. The fourth-order valence-electron chi connectivity index (χ4n) is 3.15. The molecule has 0 saturated heterocycles. The standard InChI is InChI=1S/C23H36N4O3/c1-6-18(7-2)21-14-20(30-27-21)16-26-23(24-8-3)25-15-19-10-9-17(4)13-22(19)29-12-11-28-5/h9-10,13-14,18H,6-8,11-12,15-16H2,1-5H3,(H2,24,25,26). The van der Waals surface area contributed by atoms with Gasteiger partial charge in [-0.2, -0.15) is 0 Å². The summed E-state index contributed by atoms with van der Waals surface area (Å²) in [5.74, 6) is 2.82. The predicted octanol–water partition coefficient (Wildman–Crippen LogP) is 4.17. The predicted molar refractivity (Wildman–Crippen MR) is 120 cm³/mol. The number of aliphatic imine (C=N–C) groups is 1. The molecular weight excluding hydrogens is 380 g/mol. The van der Waals surface area contributed by atoms with E-state index in [1.54, 1.807) is 7.11 Å². The molecule has 1 aromatic heterocycles. The van der Waals surface area contributed by atoms with E-state index in [0.717, 1.165) is 53.7 Å². The number of nitrogens with one attached hydrogen (secondary N) is 2. The van der Waals surface area contributed by atoms with Crippen molar-refractivity contribution in [1.82, 2.24) is 15.8 Å². The van der Waals surface area contributed by atoms with Gasteiger partial charge in [-0.05, 0) is 38.3 Å². The van der Waals surface area contributed by atoms with Crippen molar-refractivity contribution in [2.24, 2.45) is 4.99 Å². The molecule has 7 heteroatoms. The van der Waals surface area contributed by atoms with Crippen LogP contribution in [0.15, 0.2) is 33.8 Å². The van der Waals surface area contributed by atoms with Crippen LogP contribution in [0.25, 0.3) is 0 Å². The second-order valence-electron chi connectivity index (χ2n) is 7.23. The average Bonchev–Trinajstić information content (AvgIpc) is 3.21. The molecule has 0 aliphatic heterocycles. The molecule has 1 heterocycles. The minimum Gasteiger partial charge on any atom is -0.491 e. The Balaban J connectivity index is 2.02. The van der Waals surface area contributed by atoms with Crippen LogP contribution >= 0.6 is 0 Å². The maximum absolute atomic E-state index is 5.87. The number of methoxy groups -OCH3 is 1. The molecule has 0 aliphatic carbocycles. The summed E-state index contributed by atoms with van der Waals surface area (Å²) in [6, 6.07) is 8.20. The average molecular weight is 417 g/mol. The Morgan fingerprint density at radius 3 is 2.63 bits per heavy atom. The first-order chi connectivity index (χ1) is 14.6. The molecule has 1 aromatic carbocycles. The second-order valence-corrected chi connectivity index (χ2v) is 7.23. The van der Waals surface area contributed by atoms with Crippen molar-refractivity contribution in [3.05, 3.63) is 46.8 Å². The summed E-state index contributed by atoms with van der Waals surface area (Å²) in [6.07, 6.45) is 2.12. The highest BCUT2D eigenvalue weighted by Crippen LogP contribution is 2.23. The van der Waals surface area contributed by atoms with E-state index in [-0.39, 0.29) is 0 Å². The van der Waals surface area contributed by atoms with E-state index >= 15 is 0 Å². The second kappa shape index (κ2) is 12.9. The highest BCUT2D eigenvalue weighted by atomic mass is 16.5. The van der Waals surface area contributed by atoms with E-state index in [2.05, 4.69) is 48.7 Å². The normalized spacial score (nSPS) is 11.7. The molecule has 0 fully saturated rings. The Bertz CT molecular complexity index is 785. The van der Waals surface area contributed by atoms with Crippen molar-refractivity contribution in [3.8, 4) is 5.75 Å². The van der Waals surface area contributed by atoms with Crippen LogP contribution in [0.2, 0.25) is 0 Å². The maximum atomic E-state index is 5.87. The summed E-state index contributed by atoms with van der Waals surface area (Å²) in [5.41, 5.74) is 3.21. The first kappa shape index (κ1) is 23.7. The summed E-state index contributed by atoms with van der Waals surface area (Å²) in [7, 11) is 1.67. The number of nitrogens with zero attached hydrogens (tertiary/aromatic N) is 2. The zero-order chi connectivity index (χ0) is 21.8. The number of aromatic nitrogens is 1. The first-order valence-corrected chi connectivity index (χ1v) is 10.8. The number of rotatable bonds is 12. The van der Waals surface area contributed by atoms with Gasteiger partial charge in [0.15, 0.2) is 11.7 Å². The topological polar surface area (TPSA) is 80.9 Å². The number of hydrogen-bond donors (Lipinski definition) is 2. The van der Waals surface area contributed by atoms with E-state index in [0.29, 0.717) is 32.2 Å². The number of ether oxygens (including phenoxy) is 2. The van der Waals surface area contributed by atoms with Crippen molar-refractivity contribution in [1.29, 1.82) is 0 Å². The van der Waals surface area contributed by atoms with Gasteiger partial charge >= 0.3 is 0 Å². The molecule has 2 N–H and O–H groups in total. The molecule has 0 radical (unpaired) electrons. The molecule has 166 valence electrons. The van der Waals surface area contributed by atoms with Gasteiger partial charge in [0.25, 0.3) is 0 Å². The Kier molecular flexibility index (Phi) is 10.2. The molecule has 0 saturated carbocycles. The quantitative estimate of drug-likeness (QED) is 0.307. The zero-order valence-electron chi connectivity index (χ0n) is 19.0. The molecule has 0 atom stereocenters. The third-order valence-corrected chi connectivity index (χ3v) is 4.93. The van der Waals surface area contributed by atoms with Crippen molar-refractivity contribution >= 4 is 5.96 Å². The third kappa shape index (κ3) is 7.37. The minimum absolute atomic E-state index is 0.447. The van der Waals surface area contributed by atoms with Crippen molar-refractivity contribution in [2.75, 3.05) is 26.9 Å². The number of hydrogen-bond acceptors (Lipinski definition) is 5. The van der Waals surface area contributed by atoms with Crippen LogP contribution in [0.4, 0.5) is 0 Å². The van der Waals surface area contributed by atoms with E-state index in [4.69, 9.17) is 19.0 Å².